The lowest BCUT2D eigenvalue weighted by Crippen LogP contribution is -2.08. The Morgan fingerprint density at radius 1 is 1.10 bits per heavy atom. The lowest BCUT2D eigenvalue weighted by Gasteiger charge is -2.16. The van der Waals surface area contributed by atoms with Crippen LogP contribution in [0.5, 0.6) is 0 Å². The zero-order valence-electron chi connectivity index (χ0n) is 10.3. The van der Waals surface area contributed by atoms with Gasteiger partial charge in [0.15, 0.2) is 0 Å². The standard InChI is InChI=1S/C13H9Cl3F3N/c1-6-2-3-7-4-8(13(17,18)19)9(14)5-10(7)20-12(16)11(6)15/h4-5H,2-3H2,1H3. The highest BCUT2D eigenvalue weighted by atomic mass is 35.5. The topological polar surface area (TPSA) is 12.4 Å². The van der Waals surface area contributed by atoms with Gasteiger partial charge in [0.25, 0.3) is 0 Å². The number of halogens is 6. The van der Waals surface area contributed by atoms with Gasteiger partial charge in [-0.3, -0.25) is 0 Å². The lowest BCUT2D eigenvalue weighted by molar-refractivity contribution is -0.137. The highest BCUT2D eigenvalue weighted by Gasteiger charge is 2.34. The molecule has 0 radical (unpaired) electrons. The van der Waals surface area contributed by atoms with Gasteiger partial charge in [0.1, 0.15) is 5.17 Å². The predicted octanol–water partition coefficient (Wildman–Crippen LogP) is 6.09. The van der Waals surface area contributed by atoms with Crippen LogP contribution in [0, 0.1) is 0 Å². The average Bonchev–Trinajstić information content (AvgIpc) is 2.33. The van der Waals surface area contributed by atoms with Crippen LogP contribution in [0.1, 0.15) is 24.5 Å². The van der Waals surface area contributed by atoms with E-state index in [9.17, 15) is 13.2 Å². The van der Waals surface area contributed by atoms with Crippen LogP contribution in [0.15, 0.2) is 27.7 Å². The molecule has 2 rings (SSSR count). The molecule has 0 unspecified atom stereocenters. The Morgan fingerprint density at radius 3 is 2.35 bits per heavy atom. The van der Waals surface area contributed by atoms with Crippen LogP contribution in [0.2, 0.25) is 5.02 Å². The molecule has 20 heavy (non-hydrogen) atoms. The van der Waals surface area contributed by atoms with Gasteiger partial charge in [0.05, 0.1) is 21.3 Å². The van der Waals surface area contributed by atoms with E-state index in [2.05, 4.69) is 4.99 Å². The van der Waals surface area contributed by atoms with Crippen molar-refractivity contribution in [1.82, 2.24) is 0 Å². The number of hydrogen-bond acceptors (Lipinski definition) is 1. The van der Waals surface area contributed by atoms with Crippen LogP contribution in [0.4, 0.5) is 18.9 Å². The Bertz CT molecular complexity index is 618. The third-order valence-corrected chi connectivity index (χ3v) is 4.20. The highest BCUT2D eigenvalue weighted by molar-refractivity contribution is 6.76. The maximum absolute atomic E-state index is 12.8. The van der Waals surface area contributed by atoms with Crippen LogP contribution < -0.4 is 0 Å². The minimum atomic E-state index is -4.50. The molecule has 0 saturated heterocycles. The molecule has 0 N–H and O–H groups in total. The molecule has 0 atom stereocenters. The zero-order chi connectivity index (χ0) is 15.1. The summed E-state index contributed by atoms with van der Waals surface area (Å²) in [6, 6.07) is 2.20. The number of aryl methyl sites for hydroxylation is 1. The summed E-state index contributed by atoms with van der Waals surface area (Å²) in [6.45, 7) is 1.77. The van der Waals surface area contributed by atoms with Crippen LogP contribution in [-0.2, 0) is 12.6 Å². The number of hydrogen-bond donors (Lipinski definition) is 0. The number of fused-ring (bicyclic) bond motifs is 1. The number of nitrogens with zero attached hydrogens (tertiary/aromatic N) is 1. The molecular formula is C13H9Cl3F3N. The van der Waals surface area contributed by atoms with Gasteiger partial charge in [-0.05, 0) is 37.5 Å². The van der Waals surface area contributed by atoms with Crippen molar-refractivity contribution in [2.75, 3.05) is 0 Å². The van der Waals surface area contributed by atoms with E-state index in [0.717, 1.165) is 11.6 Å². The zero-order valence-corrected chi connectivity index (χ0v) is 12.6. The molecule has 1 aliphatic rings. The van der Waals surface area contributed by atoms with Crippen molar-refractivity contribution < 1.29 is 13.2 Å². The molecule has 1 nitrogen and oxygen atoms in total. The fraction of sp³-hybridized carbons (Fsp3) is 0.308. The SMILES string of the molecule is CC1=C(Cl)C(Cl)=Nc2cc(Cl)c(C(F)(F)F)cc2CC1. The summed E-state index contributed by atoms with van der Waals surface area (Å²) in [5, 5.41) is -0.0175. The van der Waals surface area contributed by atoms with Crippen molar-refractivity contribution in [3.63, 3.8) is 0 Å². The van der Waals surface area contributed by atoms with E-state index in [-0.39, 0.29) is 5.17 Å². The van der Waals surface area contributed by atoms with E-state index in [1.165, 1.54) is 6.07 Å². The van der Waals surface area contributed by atoms with Gasteiger partial charge in [-0.15, -0.1) is 0 Å². The van der Waals surface area contributed by atoms with Gasteiger partial charge in [0, 0.05) is 0 Å². The Balaban J connectivity index is 2.60. The van der Waals surface area contributed by atoms with Crippen LogP contribution in [0.3, 0.4) is 0 Å². The normalized spacial score (nSPS) is 16.4. The largest absolute Gasteiger partial charge is 0.417 e. The molecule has 0 aromatic heterocycles. The van der Waals surface area contributed by atoms with Gasteiger partial charge < -0.3 is 0 Å². The highest BCUT2D eigenvalue weighted by Crippen LogP contribution is 2.40. The predicted molar refractivity (Wildman–Crippen MR) is 76.3 cm³/mol. The number of allylic oxidation sites excluding steroid dienone is 2. The molecule has 7 heteroatoms. The summed E-state index contributed by atoms with van der Waals surface area (Å²) in [5.74, 6) is 0. The van der Waals surface area contributed by atoms with Gasteiger partial charge in [0.2, 0.25) is 0 Å². The first-order chi connectivity index (χ1) is 9.20. The number of benzene rings is 1. The van der Waals surface area contributed by atoms with E-state index in [4.69, 9.17) is 34.8 Å². The lowest BCUT2D eigenvalue weighted by atomic mass is 10.00. The monoisotopic (exact) mass is 341 g/mol. The minimum Gasteiger partial charge on any atom is -0.235 e. The number of aliphatic imine (C=N–C) groups is 1. The van der Waals surface area contributed by atoms with Gasteiger partial charge in [-0.1, -0.05) is 40.4 Å². The maximum atomic E-state index is 12.8. The molecule has 1 heterocycles. The molecule has 0 spiro atoms. The van der Waals surface area contributed by atoms with Crippen molar-refractivity contribution in [3.8, 4) is 0 Å². The molecule has 0 saturated carbocycles. The second kappa shape index (κ2) is 5.58. The van der Waals surface area contributed by atoms with Gasteiger partial charge in [-0.25, -0.2) is 4.99 Å². The fourth-order valence-electron chi connectivity index (χ4n) is 1.89. The molecule has 0 bridgehead atoms. The fourth-order valence-corrected chi connectivity index (χ4v) is 2.55. The van der Waals surface area contributed by atoms with Crippen molar-refractivity contribution in [2.45, 2.75) is 25.9 Å². The van der Waals surface area contributed by atoms with E-state index in [1.807, 2.05) is 0 Å². The quantitative estimate of drug-likeness (QED) is 0.541. The summed E-state index contributed by atoms with van der Waals surface area (Å²) < 4.78 is 38.5. The number of rotatable bonds is 0. The Morgan fingerprint density at radius 2 is 1.75 bits per heavy atom. The van der Waals surface area contributed by atoms with Crippen LogP contribution in [-0.4, -0.2) is 5.17 Å². The first kappa shape index (κ1) is 15.7. The summed E-state index contributed by atoms with van der Waals surface area (Å²) in [6.07, 6.45) is -3.59. The molecule has 0 fully saturated rings. The summed E-state index contributed by atoms with van der Waals surface area (Å²) >= 11 is 17.6. The van der Waals surface area contributed by atoms with E-state index >= 15 is 0 Å². The van der Waals surface area contributed by atoms with Crippen molar-refractivity contribution in [2.24, 2.45) is 4.99 Å². The van der Waals surface area contributed by atoms with Gasteiger partial charge >= 0.3 is 6.18 Å². The second-order valence-corrected chi connectivity index (χ2v) is 5.60. The third kappa shape index (κ3) is 3.13. The van der Waals surface area contributed by atoms with E-state index in [0.29, 0.717) is 29.1 Å². The summed E-state index contributed by atoms with van der Waals surface area (Å²) in [7, 11) is 0. The average molecular weight is 343 g/mol. The van der Waals surface area contributed by atoms with Crippen molar-refractivity contribution in [3.05, 3.63) is 38.9 Å². The van der Waals surface area contributed by atoms with E-state index < -0.39 is 16.8 Å². The van der Waals surface area contributed by atoms with Crippen molar-refractivity contribution >= 4 is 45.7 Å². The van der Waals surface area contributed by atoms with Crippen molar-refractivity contribution in [1.29, 1.82) is 0 Å². The third-order valence-electron chi connectivity index (χ3n) is 3.02. The molecule has 108 valence electrons. The maximum Gasteiger partial charge on any atom is 0.417 e. The Hall–Kier alpha value is -0.710. The van der Waals surface area contributed by atoms with E-state index in [1.54, 1.807) is 6.92 Å². The van der Waals surface area contributed by atoms with Crippen LogP contribution in [0.25, 0.3) is 0 Å². The Labute approximate surface area is 129 Å². The molecule has 1 aliphatic heterocycles. The summed E-state index contributed by atoms with van der Waals surface area (Å²) in [4.78, 5) is 4.06. The van der Waals surface area contributed by atoms with Gasteiger partial charge in [-0.2, -0.15) is 13.2 Å². The first-order valence-corrected chi connectivity index (χ1v) is 6.83. The molecule has 1 aromatic rings. The minimum absolute atomic E-state index is 0.0564. The second-order valence-electron chi connectivity index (χ2n) is 4.46. The Kier molecular flexibility index (Phi) is 4.38. The number of alkyl halides is 3. The summed E-state index contributed by atoms with van der Waals surface area (Å²) in [5.41, 5.74) is 0.689. The molecular weight excluding hydrogens is 334 g/mol. The molecule has 1 aromatic carbocycles. The molecule has 0 amide bonds. The van der Waals surface area contributed by atoms with Crippen LogP contribution >= 0.6 is 34.8 Å². The smallest absolute Gasteiger partial charge is 0.235 e. The first-order valence-electron chi connectivity index (χ1n) is 5.69. The molecule has 0 aliphatic carbocycles.